The lowest BCUT2D eigenvalue weighted by molar-refractivity contribution is -0.122. The lowest BCUT2D eigenvalue weighted by atomic mass is 10.1. The molecule has 0 spiro atoms. The molecule has 146 valence electrons. The molecule has 6 nitrogen and oxygen atoms in total. The first-order valence-corrected chi connectivity index (χ1v) is 11.6. The van der Waals surface area contributed by atoms with Gasteiger partial charge in [-0.05, 0) is 51.2 Å². The van der Waals surface area contributed by atoms with Crippen molar-refractivity contribution in [3.63, 3.8) is 0 Å². The van der Waals surface area contributed by atoms with E-state index in [0.29, 0.717) is 28.7 Å². The number of amides is 1. The molecule has 2 aliphatic heterocycles. The average molecular weight is 419 g/mol. The molecule has 26 heavy (non-hydrogen) atoms. The topological polar surface area (TPSA) is 77.9 Å². The molecule has 0 aromatic rings. The highest BCUT2D eigenvalue weighted by molar-refractivity contribution is 8.26. The predicted molar refractivity (Wildman–Crippen MR) is 109 cm³/mol. The van der Waals surface area contributed by atoms with Gasteiger partial charge in [0.2, 0.25) is 0 Å². The molecule has 9 heteroatoms. The Balaban J connectivity index is 2.19. The molecule has 0 radical (unpaired) electrons. The number of carbonyl (C=O) groups is 1. The molecule has 2 saturated heterocycles. The van der Waals surface area contributed by atoms with Gasteiger partial charge in [0.25, 0.3) is 16.0 Å². The Kier molecular flexibility index (Phi) is 7.29. The van der Waals surface area contributed by atoms with Gasteiger partial charge in [-0.25, -0.2) is 0 Å². The van der Waals surface area contributed by atoms with Crippen LogP contribution < -0.4 is 0 Å². The lowest BCUT2D eigenvalue weighted by Crippen LogP contribution is -2.27. The van der Waals surface area contributed by atoms with E-state index in [2.05, 4.69) is 11.0 Å². The number of allylic oxidation sites excluding steroid dienone is 3. The van der Waals surface area contributed by atoms with Gasteiger partial charge in [-0.1, -0.05) is 30.9 Å². The van der Waals surface area contributed by atoms with E-state index in [1.807, 2.05) is 13.8 Å². The van der Waals surface area contributed by atoms with Crippen LogP contribution in [0.2, 0.25) is 0 Å². The highest BCUT2D eigenvalue weighted by Gasteiger charge is 2.32. The summed E-state index contributed by atoms with van der Waals surface area (Å²) in [6.45, 7) is 7.44. The lowest BCUT2D eigenvalue weighted by Gasteiger charge is -2.22. The van der Waals surface area contributed by atoms with Gasteiger partial charge < -0.3 is 4.90 Å². The summed E-state index contributed by atoms with van der Waals surface area (Å²) in [5, 5.41) is -0.782. The zero-order chi connectivity index (χ0) is 19.5. The first-order chi connectivity index (χ1) is 12.2. The molecule has 2 rings (SSSR count). The maximum Gasteiger partial charge on any atom is 0.267 e. The normalized spacial score (nSPS) is 23.3. The second-order valence-corrected chi connectivity index (χ2v) is 9.94. The van der Waals surface area contributed by atoms with Gasteiger partial charge >= 0.3 is 0 Å². The van der Waals surface area contributed by atoms with E-state index in [-0.39, 0.29) is 5.91 Å². The summed E-state index contributed by atoms with van der Waals surface area (Å²) in [5.41, 5.74) is 2.09. The minimum atomic E-state index is -4.00. The smallest absolute Gasteiger partial charge is 0.267 e. The number of hydrogen-bond donors (Lipinski definition) is 1. The van der Waals surface area contributed by atoms with Gasteiger partial charge in [0, 0.05) is 25.3 Å². The third-order valence-electron chi connectivity index (χ3n) is 4.76. The molecule has 0 aromatic carbocycles. The van der Waals surface area contributed by atoms with Gasteiger partial charge in [-0.2, -0.15) is 8.42 Å². The molecule has 1 N–H and O–H groups in total. The van der Waals surface area contributed by atoms with Gasteiger partial charge in [-0.3, -0.25) is 14.2 Å². The molecule has 2 heterocycles. The van der Waals surface area contributed by atoms with Gasteiger partial charge in [0.1, 0.15) is 4.32 Å². The van der Waals surface area contributed by atoms with Gasteiger partial charge in [0.15, 0.2) is 0 Å². The van der Waals surface area contributed by atoms with E-state index >= 15 is 0 Å². The SMILES string of the molecule is CCC(C=C1CCCN1CCC(C)S(=O)(=O)O)=C1SC(=S)N(CC)C1=O. The number of likely N-dealkylation sites (tertiary alicyclic amines) is 1. The first kappa shape index (κ1) is 21.4. The van der Waals surface area contributed by atoms with Crippen molar-refractivity contribution in [1.29, 1.82) is 0 Å². The van der Waals surface area contributed by atoms with Crippen LogP contribution in [0.15, 0.2) is 22.3 Å². The largest absolute Gasteiger partial charge is 0.375 e. The van der Waals surface area contributed by atoms with Crippen LogP contribution in [0.4, 0.5) is 0 Å². The summed E-state index contributed by atoms with van der Waals surface area (Å²) in [6, 6.07) is 0. The fraction of sp³-hybridized carbons (Fsp3) is 0.647. The van der Waals surface area contributed by atoms with Crippen molar-refractivity contribution in [2.75, 3.05) is 19.6 Å². The van der Waals surface area contributed by atoms with Crippen LogP contribution in [0, 0.1) is 0 Å². The number of likely N-dealkylation sites (N-methyl/N-ethyl adjacent to an activating group) is 1. The Bertz CT molecular complexity index is 743. The highest BCUT2D eigenvalue weighted by Crippen LogP contribution is 2.36. The number of rotatable bonds is 7. The van der Waals surface area contributed by atoms with Crippen LogP contribution in [0.3, 0.4) is 0 Å². The van der Waals surface area contributed by atoms with Crippen LogP contribution in [0.1, 0.15) is 46.5 Å². The second-order valence-electron chi connectivity index (χ2n) is 6.47. The molecule has 1 atom stereocenters. The van der Waals surface area contributed by atoms with Crippen LogP contribution in [0.5, 0.6) is 0 Å². The number of nitrogens with zero attached hydrogens (tertiary/aromatic N) is 2. The molecule has 0 saturated carbocycles. The molecular weight excluding hydrogens is 392 g/mol. The minimum absolute atomic E-state index is 0.0271. The van der Waals surface area contributed by atoms with Crippen LogP contribution >= 0.6 is 24.0 Å². The van der Waals surface area contributed by atoms with Crippen molar-refractivity contribution in [3.8, 4) is 0 Å². The van der Waals surface area contributed by atoms with Crippen molar-refractivity contribution in [1.82, 2.24) is 9.80 Å². The third-order valence-corrected chi connectivity index (χ3v) is 7.52. The maximum absolute atomic E-state index is 12.6. The summed E-state index contributed by atoms with van der Waals surface area (Å²) in [4.78, 5) is 17.0. The minimum Gasteiger partial charge on any atom is -0.375 e. The van der Waals surface area contributed by atoms with Crippen molar-refractivity contribution in [2.45, 2.75) is 51.7 Å². The highest BCUT2D eigenvalue weighted by atomic mass is 32.2. The fourth-order valence-electron chi connectivity index (χ4n) is 3.05. The van der Waals surface area contributed by atoms with Crippen molar-refractivity contribution in [3.05, 3.63) is 22.3 Å². The van der Waals surface area contributed by atoms with Gasteiger partial charge in [-0.15, -0.1) is 0 Å². The van der Waals surface area contributed by atoms with Crippen LogP contribution in [0.25, 0.3) is 0 Å². The Morgan fingerprint density at radius 1 is 1.42 bits per heavy atom. The molecule has 0 aromatic heterocycles. The number of carbonyl (C=O) groups excluding carboxylic acids is 1. The molecular formula is C17H26N2O4S3. The monoisotopic (exact) mass is 418 g/mol. The van der Waals surface area contributed by atoms with Crippen LogP contribution in [-0.2, 0) is 14.9 Å². The number of thiocarbonyl (C=S) groups is 1. The van der Waals surface area contributed by atoms with Crippen molar-refractivity contribution in [2.24, 2.45) is 0 Å². The Labute approximate surface area is 165 Å². The van der Waals surface area contributed by atoms with E-state index < -0.39 is 15.4 Å². The molecule has 0 aliphatic carbocycles. The van der Waals surface area contributed by atoms with E-state index in [9.17, 15) is 13.2 Å². The summed E-state index contributed by atoms with van der Waals surface area (Å²) >= 11 is 6.65. The van der Waals surface area contributed by atoms with Crippen molar-refractivity contribution < 1.29 is 17.8 Å². The standard InChI is InChI=1S/C17H26N2O4S3/c1-4-13(15-16(20)19(5-2)17(24)25-15)11-14-7-6-9-18(14)10-8-12(3)26(21,22)23/h11-12H,4-10H2,1-3H3,(H,21,22,23). The summed E-state index contributed by atoms with van der Waals surface area (Å²) in [7, 11) is -4.00. The second kappa shape index (κ2) is 8.86. The number of hydrogen-bond acceptors (Lipinski definition) is 6. The zero-order valence-electron chi connectivity index (χ0n) is 15.4. The summed E-state index contributed by atoms with van der Waals surface area (Å²) in [5.74, 6) is -0.0271. The first-order valence-electron chi connectivity index (χ1n) is 8.87. The van der Waals surface area contributed by atoms with E-state index in [1.165, 1.54) is 18.7 Å². The number of thioether (sulfide) groups is 1. The zero-order valence-corrected chi connectivity index (χ0v) is 17.8. The fourth-order valence-corrected chi connectivity index (χ4v) is 4.95. The Hall–Kier alpha value is -0.900. The maximum atomic E-state index is 12.6. The molecule has 0 bridgehead atoms. The predicted octanol–water partition coefficient (Wildman–Crippen LogP) is 3.18. The molecule has 1 unspecified atom stereocenters. The molecule has 2 fully saturated rings. The Morgan fingerprint density at radius 3 is 2.65 bits per heavy atom. The van der Waals surface area contributed by atoms with Crippen molar-refractivity contribution >= 4 is 44.3 Å². The van der Waals surface area contributed by atoms with E-state index in [0.717, 1.165) is 37.1 Å². The summed E-state index contributed by atoms with van der Waals surface area (Å²) < 4.78 is 32.1. The molecule has 2 aliphatic rings. The molecule has 1 amide bonds. The van der Waals surface area contributed by atoms with E-state index in [4.69, 9.17) is 16.8 Å². The quantitative estimate of drug-likeness (QED) is 0.386. The Morgan fingerprint density at radius 2 is 2.12 bits per heavy atom. The summed E-state index contributed by atoms with van der Waals surface area (Å²) in [6.07, 6.45) is 5.06. The van der Waals surface area contributed by atoms with Crippen LogP contribution in [-0.4, -0.2) is 57.9 Å². The van der Waals surface area contributed by atoms with Gasteiger partial charge in [0.05, 0.1) is 10.2 Å². The third kappa shape index (κ3) is 4.88. The average Bonchev–Trinajstić information content (AvgIpc) is 3.13. The van der Waals surface area contributed by atoms with E-state index in [1.54, 1.807) is 4.90 Å².